The summed E-state index contributed by atoms with van der Waals surface area (Å²) in [7, 11) is 0. The molecule has 0 aliphatic heterocycles. The zero-order valence-electron chi connectivity index (χ0n) is 13.9. The average Bonchev–Trinajstić information content (AvgIpc) is 2.90. The number of nitrogens with zero attached hydrogens (tertiary/aromatic N) is 2. The van der Waals surface area contributed by atoms with Crippen molar-refractivity contribution < 1.29 is 14.3 Å². The molecular formula is C17H22N4O3. The molecule has 0 atom stereocenters. The highest BCUT2D eigenvalue weighted by atomic mass is 16.5. The molecule has 0 saturated carbocycles. The van der Waals surface area contributed by atoms with Gasteiger partial charge in [0.15, 0.2) is 0 Å². The summed E-state index contributed by atoms with van der Waals surface area (Å²) in [6, 6.07) is 7.01. The Bertz CT molecular complexity index is 724. The number of anilines is 1. The maximum absolute atomic E-state index is 12.7. The number of aryl methyl sites for hydroxylation is 1. The Morgan fingerprint density at radius 3 is 2.71 bits per heavy atom. The summed E-state index contributed by atoms with van der Waals surface area (Å²) < 4.78 is 7.30. The lowest BCUT2D eigenvalue weighted by molar-refractivity contribution is -0.117. The molecule has 3 N–H and O–H groups in total. The molecule has 0 bridgehead atoms. The highest BCUT2D eigenvalue weighted by Gasteiger charge is 2.18. The molecule has 128 valence electrons. The summed E-state index contributed by atoms with van der Waals surface area (Å²) in [5.74, 6) is 0.187. The Balaban J connectivity index is 2.31. The molecule has 0 unspecified atom stereocenters. The van der Waals surface area contributed by atoms with E-state index < -0.39 is 5.91 Å². The van der Waals surface area contributed by atoms with Crippen molar-refractivity contribution in [2.24, 2.45) is 5.73 Å². The molecule has 0 spiro atoms. The lowest BCUT2D eigenvalue weighted by Gasteiger charge is -2.13. The number of ether oxygens (including phenoxy) is 1. The van der Waals surface area contributed by atoms with E-state index in [0.717, 1.165) is 6.42 Å². The molecule has 0 saturated heterocycles. The maximum Gasteiger partial charge on any atom is 0.260 e. The molecule has 24 heavy (non-hydrogen) atoms. The Hall–Kier alpha value is -2.83. The summed E-state index contributed by atoms with van der Waals surface area (Å²) in [5, 5.41) is 2.84. The lowest BCUT2D eigenvalue weighted by atomic mass is 10.2. The lowest BCUT2D eigenvalue weighted by Crippen LogP contribution is -2.20. The number of amides is 2. The van der Waals surface area contributed by atoms with Crippen molar-refractivity contribution in [3.63, 3.8) is 0 Å². The zero-order chi connectivity index (χ0) is 17.5. The van der Waals surface area contributed by atoms with Crippen LogP contribution < -0.4 is 15.8 Å². The van der Waals surface area contributed by atoms with Crippen LogP contribution in [0.2, 0.25) is 0 Å². The van der Waals surface area contributed by atoms with Gasteiger partial charge >= 0.3 is 0 Å². The maximum atomic E-state index is 12.7. The second kappa shape index (κ2) is 8.14. The number of imidazole rings is 1. The van der Waals surface area contributed by atoms with Crippen molar-refractivity contribution in [3.8, 4) is 5.75 Å². The second-order valence-electron chi connectivity index (χ2n) is 5.26. The van der Waals surface area contributed by atoms with E-state index in [1.165, 1.54) is 0 Å². The van der Waals surface area contributed by atoms with E-state index >= 15 is 0 Å². The molecule has 2 rings (SSSR count). The standard InChI is InChI=1S/C17H22N4O3/c1-3-9-21-11-19-13(10-15(18)22)16(21)20-17(23)12-7-5-6-8-14(12)24-4-2/h5-8,11H,3-4,9-10H2,1-2H3,(H2,18,22)(H,20,23). The number of rotatable bonds is 8. The highest BCUT2D eigenvalue weighted by molar-refractivity contribution is 6.06. The average molecular weight is 330 g/mol. The van der Waals surface area contributed by atoms with E-state index in [-0.39, 0.29) is 12.3 Å². The highest BCUT2D eigenvalue weighted by Crippen LogP contribution is 2.22. The number of nitrogens with two attached hydrogens (primary N) is 1. The van der Waals surface area contributed by atoms with Crippen LogP contribution in [0.3, 0.4) is 0 Å². The first-order valence-corrected chi connectivity index (χ1v) is 7.92. The van der Waals surface area contributed by atoms with Gasteiger partial charge in [-0.05, 0) is 25.5 Å². The van der Waals surface area contributed by atoms with Crippen molar-refractivity contribution in [2.75, 3.05) is 11.9 Å². The molecule has 7 heteroatoms. The Kier molecular flexibility index (Phi) is 5.95. The van der Waals surface area contributed by atoms with Crippen LogP contribution in [-0.4, -0.2) is 28.0 Å². The number of aromatic nitrogens is 2. The van der Waals surface area contributed by atoms with E-state index in [1.807, 2.05) is 19.9 Å². The molecule has 0 aliphatic rings. The number of carbonyl (C=O) groups excluding carboxylic acids is 2. The Labute approximate surface area is 140 Å². The predicted octanol–water partition coefficient (Wildman–Crippen LogP) is 1.97. The van der Waals surface area contributed by atoms with E-state index in [9.17, 15) is 9.59 Å². The van der Waals surface area contributed by atoms with Gasteiger partial charge < -0.3 is 20.4 Å². The largest absolute Gasteiger partial charge is 0.493 e. The summed E-state index contributed by atoms with van der Waals surface area (Å²) in [6.07, 6.45) is 2.44. The van der Waals surface area contributed by atoms with Crippen molar-refractivity contribution in [2.45, 2.75) is 33.2 Å². The molecule has 0 fully saturated rings. The van der Waals surface area contributed by atoms with Gasteiger partial charge in [0.2, 0.25) is 5.91 Å². The normalized spacial score (nSPS) is 10.4. The van der Waals surface area contributed by atoms with E-state index in [0.29, 0.717) is 36.0 Å². The first-order chi connectivity index (χ1) is 11.6. The fourth-order valence-corrected chi connectivity index (χ4v) is 2.38. The minimum Gasteiger partial charge on any atom is -0.493 e. The smallest absolute Gasteiger partial charge is 0.260 e. The monoisotopic (exact) mass is 330 g/mol. The SMILES string of the molecule is CCCn1cnc(CC(N)=O)c1NC(=O)c1ccccc1OCC. The third-order valence-corrected chi connectivity index (χ3v) is 3.38. The van der Waals surface area contributed by atoms with Crippen molar-refractivity contribution in [1.29, 1.82) is 0 Å². The van der Waals surface area contributed by atoms with Crippen molar-refractivity contribution in [3.05, 3.63) is 41.9 Å². The van der Waals surface area contributed by atoms with Crippen LogP contribution in [0.1, 0.15) is 36.3 Å². The van der Waals surface area contributed by atoms with Gasteiger partial charge in [-0.2, -0.15) is 0 Å². The van der Waals surface area contributed by atoms with Crippen molar-refractivity contribution in [1.82, 2.24) is 9.55 Å². The van der Waals surface area contributed by atoms with Crippen LogP contribution >= 0.6 is 0 Å². The van der Waals surface area contributed by atoms with Crippen LogP contribution in [0, 0.1) is 0 Å². The number of hydrogen-bond donors (Lipinski definition) is 2. The van der Waals surface area contributed by atoms with Gasteiger partial charge in [-0.3, -0.25) is 9.59 Å². The van der Waals surface area contributed by atoms with Crippen LogP contribution in [0.25, 0.3) is 0 Å². The first-order valence-electron chi connectivity index (χ1n) is 7.92. The van der Waals surface area contributed by atoms with Gasteiger partial charge in [-0.25, -0.2) is 4.98 Å². The summed E-state index contributed by atoms with van der Waals surface area (Å²) in [5.41, 5.74) is 6.14. The third-order valence-electron chi connectivity index (χ3n) is 3.38. The number of benzene rings is 1. The molecule has 2 aromatic rings. The van der Waals surface area contributed by atoms with Crippen LogP contribution in [0.15, 0.2) is 30.6 Å². The Morgan fingerprint density at radius 1 is 1.29 bits per heavy atom. The second-order valence-corrected chi connectivity index (χ2v) is 5.26. The van der Waals surface area contributed by atoms with Gasteiger partial charge in [0.25, 0.3) is 5.91 Å². The third kappa shape index (κ3) is 4.13. The molecular weight excluding hydrogens is 308 g/mol. The summed E-state index contributed by atoms with van der Waals surface area (Å²) in [4.78, 5) is 28.1. The van der Waals surface area contributed by atoms with Crippen LogP contribution in [0.5, 0.6) is 5.75 Å². The van der Waals surface area contributed by atoms with Crippen LogP contribution in [0.4, 0.5) is 5.82 Å². The van der Waals surface area contributed by atoms with Gasteiger partial charge in [0.1, 0.15) is 11.6 Å². The predicted molar refractivity (Wildman–Crippen MR) is 91.0 cm³/mol. The summed E-state index contributed by atoms with van der Waals surface area (Å²) >= 11 is 0. The van der Waals surface area contributed by atoms with Gasteiger partial charge in [0.05, 0.1) is 30.6 Å². The number of carbonyl (C=O) groups is 2. The fraction of sp³-hybridized carbons (Fsp3) is 0.353. The van der Waals surface area contributed by atoms with E-state index in [2.05, 4.69) is 10.3 Å². The van der Waals surface area contributed by atoms with Crippen molar-refractivity contribution >= 4 is 17.6 Å². The van der Waals surface area contributed by atoms with Crippen LogP contribution in [-0.2, 0) is 17.8 Å². The molecule has 2 amide bonds. The molecule has 1 aromatic heterocycles. The van der Waals surface area contributed by atoms with E-state index in [4.69, 9.17) is 10.5 Å². The minimum atomic E-state index is -0.498. The quantitative estimate of drug-likeness (QED) is 0.773. The molecule has 0 aliphatic carbocycles. The van der Waals surface area contributed by atoms with Gasteiger partial charge in [-0.1, -0.05) is 19.1 Å². The van der Waals surface area contributed by atoms with Gasteiger partial charge in [0, 0.05) is 6.54 Å². The number of nitrogens with one attached hydrogen (secondary N) is 1. The molecule has 0 radical (unpaired) electrons. The van der Waals surface area contributed by atoms with E-state index in [1.54, 1.807) is 29.1 Å². The minimum absolute atomic E-state index is 0.0283. The Morgan fingerprint density at radius 2 is 2.04 bits per heavy atom. The fourth-order valence-electron chi connectivity index (χ4n) is 2.38. The zero-order valence-corrected chi connectivity index (χ0v) is 13.9. The summed E-state index contributed by atoms with van der Waals surface area (Å²) in [6.45, 7) is 5.01. The van der Waals surface area contributed by atoms with Gasteiger partial charge in [-0.15, -0.1) is 0 Å². The molecule has 7 nitrogen and oxygen atoms in total. The molecule has 1 heterocycles. The number of para-hydroxylation sites is 1. The number of hydrogen-bond acceptors (Lipinski definition) is 4. The molecule has 1 aromatic carbocycles. The number of primary amides is 1. The topological polar surface area (TPSA) is 99.2 Å². The first kappa shape index (κ1) is 17.5.